The van der Waals surface area contributed by atoms with E-state index >= 15 is 0 Å². The number of rotatable bonds is 6. The molecule has 0 rings (SSSR count). The van der Waals surface area contributed by atoms with Gasteiger partial charge in [-0.05, 0) is 17.8 Å². The minimum atomic E-state index is -3.53. The molecule has 0 radical (unpaired) electrons. The monoisotopic (exact) mass is 265 g/mol. The summed E-state index contributed by atoms with van der Waals surface area (Å²) < 4.78 is 25.7. The van der Waals surface area contributed by atoms with Crippen LogP contribution in [0, 0.1) is 11.3 Å². The van der Waals surface area contributed by atoms with Crippen molar-refractivity contribution in [3.05, 3.63) is 0 Å². The number of hydrogen-bond donors (Lipinski definition) is 2. The van der Waals surface area contributed by atoms with Crippen molar-refractivity contribution in [1.82, 2.24) is 4.72 Å². The lowest BCUT2D eigenvalue weighted by atomic mass is 9.94. The summed E-state index contributed by atoms with van der Waals surface area (Å²) in [7, 11) is -3.53. The minimum Gasteiger partial charge on any atom is -0.480 e. The Morgan fingerprint density at radius 3 is 2.06 bits per heavy atom. The van der Waals surface area contributed by atoms with Crippen LogP contribution in [0.5, 0.6) is 0 Å². The number of carboxylic acid groups (broad SMARTS) is 1. The molecule has 0 aliphatic heterocycles. The van der Waals surface area contributed by atoms with Gasteiger partial charge in [0.05, 0.1) is 5.75 Å². The fraction of sp³-hybridized carbons (Fsp3) is 0.909. The molecular weight excluding hydrogens is 242 g/mol. The zero-order valence-corrected chi connectivity index (χ0v) is 12.0. The lowest BCUT2D eigenvalue weighted by Gasteiger charge is -2.21. The van der Waals surface area contributed by atoms with E-state index in [9.17, 15) is 13.2 Å². The number of carboxylic acids is 1. The van der Waals surface area contributed by atoms with Gasteiger partial charge in [0.1, 0.15) is 6.04 Å². The Bertz CT molecular complexity index is 354. The molecular formula is C11H23NO4S. The second-order valence-corrected chi connectivity index (χ2v) is 7.68. The number of hydrogen-bond acceptors (Lipinski definition) is 3. The highest BCUT2D eigenvalue weighted by atomic mass is 32.2. The SMILES string of the molecule is CC(C)[C@H](NS(=O)(=O)CCC(C)(C)C)C(=O)O. The van der Waals surface area contributed by atoms with Gasteiger partial charge in [-0.15, -0.1) is 0 Å². The summed E-state index contributed by atoms with van der Waals surface area (Å²) in [4.78, 5) is 10.9. The topological polar surface area (TPSA) is 83.5 Å². The number of aliphatic carboxylic acids is 1. The maximum Gasteiger partial charge on any atom is 0.321 e. The molecule has 2 N–H and O–H groups in total. The van der Waals surface area contributed by atoms with Crippen LogP contribution in [0.1, 0.15) is 41.0 Å². The van der Waals surface area contributed by atoms with Crippen molar-refractivity contribution in [2.24, 2.45) is 11.3 Å². The molecule has 0 amide bonds. The van der Waals surface area contributed by atoms with Gasteiger partial charge < -0.3 is 5.11 Å². The predicted molar refractivity (Wildman–Crippen MR) is 67.3 cm³/mol. The van der Waals surface area contributed by atoms with E-state index in [1.165, 1.54) is 0 Å². The summed E-state index contributed by atoms with van der Waals surface area (Å²) in [5.41, 5.74) is -0.0920. The van der Waals surface area contributed by atoms with E-state index in [0.29, 0.717) is 6.42 Å². The van der Waals surface area contributed by atoms with E-state index in [-0.39, 0.29) is 17.1 Å². The second-order valence-electron chi connectivity index (χ2n) is 5.81. The van der Waals surface area contributed by atoms with Crippen molar-refractivity contribution in [2.45, 2.75) is 47.1 Å². The molecule has 17 heavy (non-hydrogen) atoms. The van der Waals surface area contributed by atoms with Crippen LogP contribution in [0.4, 0.5) is 0 Å². The smallest absolute Gasteiger partial charge is 0.321 e. The molecule has 5 nitrogen and oxygen atoms in total. The van der Waals surface area contributed by atoms with Crippen molar-refractivity contribution in [3.8, 4) is 0 Å². The van der Waals surface area contributed by atoms with Crippen LogP contribution in [0.15, 0.2) is 0 Å². The van der Waals surface area contributed by atoms with Crippen LogP contribution in [0.3, 0.4) is 0 Å². The second kappa shape index (κ2) is 5.82. The van der Waals surface area contributed by atoms with Gasteiger partial charge in [-0.25, -0.2) is 13.1 Å². The Kier molecular flexibility index (Phi) is 5.61. The summed E-state index contributed by atoms with van der Waals surface area (Å²) in [6.07, 6.45) is 0.493. The molecule has 0 spiro atoms. The lowest BCUT2D eigenvalue weighted by Crippen LogP contribution is -2.45. The average Bonchev–Trinajstić information content (AvgIpc) is 2.09. The van der Waals surface area contributed by atoms with E-state index in [4.69, 9.17) is 5.11 Å². The predicted octanol–water partition coefficient (Wildman–Crippen LogP) is 1.45. The molecule has 0 aliphatic carbocycles. The lowest BCUT2D eigenvalue weighted by molar-refractivity contribution is -0.140. The maximum absolute atomic E-state index is 11.7. The van der Waals surface area contributed by atoms with Gasteiger partial charge in [-0.1, -0.05) is 34.6 Å². The Morgan fingerprint density at radius 1 is 1.29 bits per heavy atom. The summed E-state index contributed by atoms with van der Waals surface area (Å²) in [5.74, 6) is -1.47. The Labute approximate surface area is 104 Å². The van der Waals surface area contributed by atoms with Crippen molar-refractivity contribution < 1.29 is 18.3 Å². The minimum absolute atomic E-state index is 0.0486. The Balaban J connectivity index is 4.58. The molecule has 0 aliphatic rings. The van der Waals surface area contributed by atoms with Crippen LogP contribution in [0.2, 0.25) is 0 Å². The molecule has 0 aromatic heterocycles. The molecule has 0 aromatic carbocycles. The van der Waals surface area contributed by atoms with E-state index in [2.05, 4.69) is 4.72 Å². The molecule has 1 atom stereocenters. The number of sulfonamides is 1. The largest absolute Gasteiger partial charge is 0.480 e. The van der Waals surface area contributed by atoms with Gasteiger partial charge in [-0.2, -0.15) is 0 Å². The maximum atomic E-state index is 11.7. The first-order valence-corrected chi connectivity index (χ1v) is 7.33. The first-order chi connectivity index (χ1) is 7.44. The van der Waals surface area contributed by atoms with Crippen molar-refractivity contribution in [2.75, 3.05) is 5.75 Å². The van der Waals surface area contributed by atoms with Gasteiger partial charge >= 0.3 is 5.97 Å². The van der Waals surface area contributed by atoms with Crippen molar-refractivity contribution in [3.63, 3.8) is 0 Å². The van der Waals surface area contributed by atoms with Crippen molar-refractivity contribution >= 4 is 16.0 Å². The van der Waals surface area contributed by atoms with E-state index in [1.54, 1.807) is 13.8 Å². The highest BCUT2D eigenvalue weighted by molar-refractivity contribution is 7.89. The van der Waals surface area contributed by atoms with Gasteiger partial charge in [0.15, 0.2) is 0 Å². The van der Waals surface area contributed by atoms with Gasteiger partial charge in [-0.3, -0.25) is 4.79 Å². The van der Waals surface area contributed by atoms with Crippen LogP contribution in [-0.4, -0.2) is 31.3 Å². The molecule has 0 unspecified atom stereocenters. The first-order valence-electron chi connectivity index (χ1n) is 5.67. The molecule has 0 heterocycles. The zero-order chi connectivity index (χ0) is 13.9. The molecule has 0 saturated heterocycles. The third kappa shape index (κ3) is 7.33. The fourth-order valence-corrected chi connectivity index (χ4v) is 2.92. The summed E-state index contributed by atoms with van der Waals surface area (Å²) in [6.45, 7) is 9.18. The third-order valence-corrected chi connectivity index (χ3v) is 3.71. The summed E-state index contributed by atoms with van der Waals surface area (Å²) in [6, 6.07) is -1.06. The highest BCUT2D eigenvalue weighted by Gasteiger charge is 2.27. The molecule has 0 saturated carbocycles. The summed E-state index contributed by atoms with van der Waals surface area (Å²) in [5, 5.41) is 8.91. The van der Waals surface area contributed by atoms with E-state index in [0.717, 1.165) is 0 Å². The normalized spacial score (nSPS) is 14.9. The van der Waals surface area contributed by atoms with Crippen molar-refractivity contribution in [1.29, 1.82) is 0 Å². The van der Waals surface area contributed by atoms with Gasteiger partial charge in [0.2, 0.25) is 10.0 Å². The highest BCUT2D eigenvalue weighted by Crippen LogP contribution is 2.19. The van der Waals surface area contributed by atoms with Gasteiger partial charge in [0.25, 0.3) is 0 Å². The van der Waals surface area contributed by atoms with Crippen LogP contribution < -0.4 is 4.72 Å². The number of carbonyl (C=O) groups is 1. The molecule has 6 heteroatoms. The van der Waals surface area contributed by atoms with E-state index < -0.39 is 22.0 Å². The fourth-order valence-electron chi connectivity index (χ4n) is 1.16. The Hall–Kier alpha value is -0.620. The molecule has 102 valence electrons. The van der Waals surface area contributed by atoms with E-state index in [1.807, 2.05) is 20.8 Å². The molecule has 0 bridgehead atoms. The zero-order valence-electron chi connectivity index (χ0n) is 11.1. The Morgan fingerprint density at radius 2 is 1.76 bits per heavy atom. The third-order valence-electron chi connectivity index (χ3n) is 2.36. The summed E-state index contributed by atoms with van der Waals surface area (Å²) >= 11 is 0. The van der Waals surface area contributed by atoms with Crippen LogP contribution in [-0.2, 0) is 14.8 Å². The van der Waals surface area contributed by atoms with Crippen LogP contribution in [0.25, 0.3) is 0 Å². The van der Waals surface area contributed by atoms with Crippen LogP contribution >= 0.6 is 0 Å². The number of nitrogens with one attached hydrogen (secondary N) is 1. The average molecular weight is 265 g/mol. The molecule has 0 fully saturated rings. The standard InChI is InChI=1S/C11H23NO4S/c1-8(2)9(10(13)14)12-17(15,16)7-6-11(3,4)5/h8-9,12H,6-7H2,1-5H3,(H,13,14)/t9-/m0/s1. The molecule has 0 aromatic rings. The quantitative estimate of drug-likeness (QED) is 0.761. The van der Waals surface area contributed by atoms with Gasteiger partial charge in [0, 0.05) is 0 Å². The first kappa shape index (κ1) is 16.4.